The molecule has 1 aromatic carbocycles. The molecule has 0 amide bonds. The maximum Gasteiger partial charge on any atom is 0.121 e. The molecule has 1 rings (SSSR count). The lowest BCUT2D eigenvalue weighted by Crippen LogP contribution is -2.26. The molecule has 4 nitrogen and oxygen atoms in total. The Hall–Kier alpha value is -1.26. The van der Waals surface area contributed by atoms with E-state index in [4.69, 9.17) is 15.2 Å². The van der Waals surface area contributed by atoms with Gasteiger partial charge in [-0.2, -0.15) is 0 Å². The molecule has 0 spiro atoms. The quantitative estimate of drug-likeness (QED) is 0.718. The van der Waals surface area contributed by atoms with Crippen LogP contribution in [-0.2, 0) is 4.74 Å². The third kappa shape index (κ3) is 5.38. The largest absolute Gasteiger partial charge is 0.491 e. The molecule has 18 heavy (non-hydrogen) atoms. The predicted octanol–water partition coefficient (Wildman–Crippen LogP) is 1.89. The first-order valence-electron chi connectivity index (χ1n) is 6.37. The average molecular weight is 252 g/mol. The van der Waals surface area contributed by atoms with E-state index in [1.165, 1.54) is 0 Å². The highest BCUT2D eigenvalue weighted by atomic mass is 16.5. The van der Waals surface area contributed by atoms with Gasteiger partial charge in [-0.05, 0) is 18.6 Å². The third-order valence-corrected chi connectivity index (χ3v) is 2.69. The fourth-order valence-electron chi connectivity index (χ4n) is 1.42. The molecule has 0 heterocycles. The highest BCUT2D eigenvalue weighted by Crippen LogP contribution is 2.18. The second-order valence-corrected chi connectivity index (χ2v) is 4.48. The van der Waals surface area contributed by atoms with Crippen molar-refractivity contribution in [2.45, 2.75) is 19.4 Å². The summed E-state index contributed by atoms with van der Waals surface area (Å²) in [7, 11) is 4.02. The maximum absolute atomic E-state index is 5.75. The van der Waals surface area contributed by atoms with Crippen LogP contribution in [0.4, 0.5) is 5.69 Å². The second-order valence-electron chi connectivity index (χ2n) is 4.48. The lowest BCUT2D eigenvalue weighted by Gasteiger charge is -2.14. The lowest BCUT2D eigenvalue weighted by molar-refractivity contribution is 0.0897. The number of ether oxygens (including phenoxy) is 2. The number of rotatable bonds is 8. The molecule has 0 radical (unpaired) electrons. The summed E-state index contributed by atoms with van der Waals surface area (Å²) in [5.41, 5.74) is 6.87. The predicted molar refractivity (Wildman–Crippen MR) is 75.3 cm³/mol. The van der Waals surface area contributed by atoms with Gasteiger partial charge in [0.2, 0.25) is 0 Å². The average Bonchev–Trinajstić information content (AvgIpc) is 2.38. The number of anilines is 1. The van der Waals surface area contributed by atoms with E-state index >= 15 is 0 Å². The Morgan fingerprint density at radius 1 is 1.28 bits per heavy atom. The van der Waals surface area contributed by atoms with Crippen LogP contribution in [0, 0.1) is 0 Å². The molecule has 2 N–H and O–H groups in total. The van der Waals surface area contributed by atoms with Crippen molar-refractivity contribution in [1.82, 2.24) is 0 Å². The first kappa shape index (κ1) is 14.8. The fourth-order valence-corrected chi connectivity index (χ4v) is 1.42. The Kier molecular flexibility index (Phi) is 6.54. The molecule has 1 unspecified atom stereocenters. The molecule has 0 bridgehead atoms. The van der Waals surface area contributed by atoms with Gasteiger partial charge in [0.15, 0.2) is 0 Å². The van der Waals surface area contributed by atoms with Gasteiger partial charge in [-0.25, -0.2) is 0 Å². The highest BCUT2D eigenvalue weighted by Gasteiger charge is 2.00. The molecule has 0 aliphatic heterocycles. The summed E-state index contributed by atoms with van der Waals surface area (Å²) in [5.74, 6) is 0.865. The molecule has 0 saturated heterocycles. The minimum absolute atomic E-state index is 0.127. The molecule has 1 atom stereocenters. The molecule has 0 aliphatic carbocycles. The Labute approximate surface area is 110 Å². The van der Waals surface area contributed by atoms with E-state index in [-0.39, 0.29) is 6.04 Å². The standard InChI is InChI=1S/C14H24N2O2/c1-4-12(15)11-17-8-9-18-14-7-5-6-13(10-14)16(2)3/h5-7,10,12H,4,8-9,11,15H2,1-3H3. The molecule has 1 aromatic rings. The van der Waals surface area contributed by atoms with Gasteiger partial charge in [0, 0.05) is 31.9 Å². The van der Waals surface area contributed by atoms with Crippen molar-refractivity contribution in [2.75, 3.05) is 38.8 Å². The second kappa shape index (κ2) is 7.95. The molecular weight excluding hydrogens is 228 g/mol. The van der Waals surface area contributed by atoms with Crippen molar-refractivity contribution in [3.8, 4) is 5.75 Å². The van der Waals surface area contributed by atoms with E-state index in [1.807, 2.05) is 43.3 Å². The van der Waals surface area contributed by atoms with Gasteiger partial charge in [-0.15, -0.1) is 0 Å². The number of hydrogen-bond acceptors (Lipinski definition) is 4. The van der Waals surface area contributed by atoms with Crippen molar-refractivity contribution in [2.24, 2.45) is 5.73 Å². The molecule has 0 aromatic heterocycles. The Morgan fingerprint density at radius 3 is 2.72 bits per heavy atom. The van der Waals surface area contributed by atoms with Crippen molar-refractivity contribution in [1.29, 1.82) is 0 Å². The summed E-state index contributed by atoms with van der Waals surface area (Å²) in [5, 5.41) is 0. The Morgan fingerprint density at radius 2 is 2.06 bits per heavy atom. The van der Waals surface area contributed by atoms with Gasteiger partial charge in [0.25, 0.3) is 0 Å². The Bertz CT molecular complexity index is 342. The van der Waals surface area contributed by atoms with E-state index < -0.39 is 0 Å². The monoisotopic (exact) mass is 252 g/mol. The van der Waals surface area contributed by atoms with Crippen LogP contribution in [0.3, 0.4) is 0 Å². The smallest absolute Gasteiger partial charge is 0.121 e. The number of hydrogen-bond donors (Lipinski definition) is 1. The zero-order chi connectivity index (χ0) is 13.4. The first-order valence-corrected chi connectivity index (χ1v) is 6.37. The summed E-state index contributed by atoms with van der Waals surface area (Å²) in [6.45, 7) is 3.77. The molecule has 102 valence electrons. The minimum atomic E-state index is 0.127. The van der Waals surface area contributed by atoms with Crippen molar-refractivity contribution in [3.05, 3.63) is 24.3 Å². The van der Waals surface area contributed by atoms with Crippen LogP contribution in [-0.4, -0.2) is 40.0 Å². The van der Waals surface area contributed by atoms with Crippen molar-refractivity contribution in [3.63, 3.8) is 0 Å². The normalized spacial score (nSPS) is 12.2. The van der Waals surface area contributed by atoms with Gasteiger partial charge in [0.1, 0.15) is 12.4 Å². The van der Waals surface area contributed by atoms with Crippen LogP contribution in [0.2, 0.25) is 0 Å². The van der Waals surface area contributed by atoms with E-state index in [1.54, 1.807) is 0 Å². The van der Waals surface area contributed by atoms with Crippen LogP contribution in [0.15, 0.2) is 24.3 Å². The lowest BCUT2D eigenvalue weighted by atomic mass is 10.3. The van der Waals surface area contributed by atoms with E-state index in [0.29, 0.717) is 19.8 Å². The third-order valence-electron chi connectivity index (χ3n) is 2.69. The van der Waals surface area contributed by atoms with Crippen LogP contribution in [0.5, 0.6) is 5.75 Å². The number of benzene rings is 1. The fraction of sp³-hybridized carbons (Fsp3) is 0.571. The molecule has 4 heteroatoms. The Balaban J connectivity index is 2.25. The van der Waals surface area contributed by atoms with Crippen molar-refractivity contribution < 1.29 is 9.47 Å². The molecule has 0 saturated carbocycles. The summed E-state index contributed by atoms with van der Waals surface area (Å²) in [6, 6.07) is 8.12. The van der Waals surface area contributed by atoms with Gasteiger partial charge < -0.3 is 20.1 Å². The van der Waals surface area contributed by atoms with Crippen LogP contribution in [0.25, 0.3) is 0 Å². The number of nitrogens with two attached hydrogens (primary N) is 1. The van der Waals surface area contributed by atoms with Gasteiger partial charge in [-0.1, -0.05) is 13.0 Å². The molecular formula is C14H24N2O2. The first-order chi connectivity index (χ1) is 8.63. The summed E-state index contributed by atoms with van der Waals surface area (Å²) in [4.78, 5) is 2.05. The summed E-state index contributed by atoms with van der Waals surface area (Å²) in [6.07, 6.45) is 0.936. The van der Waals surface area contributed by atoms with Crippen LogP contribution >= 0.6 is 0 Å². The van der Waals surface area contributed by atoms with Gasteiger partial charge >= 0.3 is 0 Å². The van der Waals surface area contributed by atoms with Gasteiger partial charge in [0.05, 0.1) is 13.2 Å². The zero-order valence-electron chi connectivity index (χ0n) is 11.6. The summed E-state index contributed by atoms with van der Waals surface area (Å²) >= 11 is 0. The van der Waals surface area contributed by atoms with Crippen molar-refractivity contribution >= 4 is 5.69 Å². The SMILES string of the molecule is CCC(N)COCCOc1cccc(N(C)C)c1. The van der Waals surface area contributed by atoms with Gasteiger partial charge in [-0.3, -0.25) is 0 Å². The molecule has 0 fully saturated rings. The highest BCUT2D eigenvalue weighted by molar-refractivity contribution is 5.49. The van der Waals surface area contributed by atoms with E-state index in [9.17, 15) is 0 Å². The van der Waals surface area contributed by atoms with Crippen LogP contribution in [0.1, 0.15) is 13.3 Å². The minimum Gasteiger partial charge on any atom is -0.491 e. The zero-order valence-corrected chi connectivity index (χ0v) is 11.6. The topological polar surface area (TPSA) is 47.7 Å². The maximum atomic E-state index is 5.75. The van der Waals surface area contributed by atoms with Crippen LogP contribution < -0.4 is 15.4 Å². The van der Waals surface area contributed by atoms with E-state index in [0.717, 1.165) is 17.9 Å². The number of nitrogens with zero attached hydrogens (tertiary/aromatic N) is 1. The molecule has 0 aliphatic rings. The van der Waals surface area contributed by atoms with E-state index in [2.05, 4.69) is 6.92 Å². The summed E-state index contributed by atoms with van der Waals surface area (Å²) < 4.78 is 11.0.